The Bertz CT molecular complexity index is 7860. The first-order chi connectivity index (χ1) is 61.0. The lowest BCUT2D eigenvalue weighted by atomic mass is 9.70. The van der Waals surface area contributed by atoms with Gasteiger partial charge in [0.2, 0.25) is 0 Å². The number of aromatic nitrogens is 7. The van der Waals surface area contributed by atoms with Crippen LogP contribution in [0, 0.1) is 11.8 Å². The molecule has 0 fully saturated rings. The zero-order chi connectivity index (χ0) is 81.3. The van der Waals surface area contributed by atoms with Gasteiger partial charge < -0.3 is 4.57 Å². The van der Waals surface area contributed by atoms with Crippen LogP contribution < -0.4 is 0 Å². The molecule has 123 heavy (non-hydrogen) atoms. The summed E-state index contributed by atoms with van der Waals surface area (Å²) in [5.74, 6) is 1.90. The number of benzene rings is 16. The SMILES string of the molecule is C1=CC2C(c3cc(-c4ccccc4)nc(-c4cccc(-c5c6ccccc6c(-c6ccc7c(c6)c6cnccc6n7-c6ccccc6)c6ccccc56)c4)n3)=CC3=C(C=CCC3)C2C=C1.c1ccc(-c2c3ccccc3c(-c3cccc(-c4nc(-c5ccc(-c6cccnc6)cc5)cc(-c5cc6ccccc6c6ccccc56)n4)c3)c3ccccc23)cc1. The fourth-order valence-corrected chi connectivity index (χ4v) is 19.5. The first-order valence-electron chi connectivity index (χ1n) is 42.3. The first kappa shape index (κ1) is 72.3. The molecule has 5 aromatic heterocycles. The second kappa shape index (κ2) is 30.8. The van der Waals surface area contributed by atoms with Gasteiger partial charge in [0.1, 0.15) is 0 Å². The van der Waals surface area contributed by atoms with Gasteiger partial charge >= 0.3 is 0 Å². The Morgan fingerprint density at radius 2 is 0.724 bits per heavy atom. The Labute approximate surface area is 712 Å². The van der Waals surface area contributed by atoms with Gasteiger partial charge in [0.15, 0.2) is 11.6 Å². The third-order valence-corrected chi connectivity index (χ3v) is 25.1. The maximum absolute atomic E-state index is 5.48. The average molecular weight is 1570 g/mol. The summed E-state index contributed by atoms with van der Waals surface area (Å²) in [6.07, 6.45) is 25.9. The molecule has 7 heteroatoms. The highest BCUT2D eigenvalue weighted by molar-refractivity contribution is 6.24. The Morgan fingerprint density at radius 1 is 0.276 bits per heavy atom. The van der Waals surface area contributed by atoms with Crippen LogP contribution in [0.2, 0.25) is 0 Å². The summed E-state index contributed by atoms with van der Waals surface area (Å²) in [5, 5.41) is 16.8. The van der Waals surface area contributed by atoms with Crippen molar-refractivity contribution in [3.63, 3.8) is 0 Å². The zero-order valence-electron chi connectivity index (χ0n) is 67.2. The third kappa shape index (κ3) is 12.9. The number of para-hydroxylation sites is 1. The van der Waals surface area contributed by atoms with Crippen LogP contribution in [-0.4, -0.2) is 34.5 Å². The van der Waals surface area contributed by atoms with Crippen LogP contribution in [-0.2, 0) is 0 Å². The van der Waals surface area contributed by atoms with E-state index in [0.717, 1.165) is 119 Å². The zero-order valence-corrected chi connectivity index (χ0v) is 67.2. The summed E-state index contributed by atoms with van der Waals surface area (Å²) < 4.78 is 2.35. The summed E-state index contributed by atoms with van der Waals surface area (Å²) in [4.78, 5) is 30.5. The molecule has 0 N–H and O–H groups in total. The molecule has 0 saturated heterocycles. The van der Waals surface area contributed by atoms with Gasteiger partial charge in [0, 0.05) is 80.9 Å². The van der Waals surface area contributed by atoms with Gasteiger partial charge in [-0.15, -0.1) is 0 Å². The van der Waals surface area contributed by atoms with E-state index in [2.05, 4.69) is 415 Å². The minimum atomic E-state index is 0.204. The van der Waals surface area contributed by atoms with Gasteiger partial charge in [-0.1, -0.05) is 340 Å². The van der Waals surface area contributed by atoms with E-state index in [-0.39, 0.29) is 5.92 Å². The molecule has 0 aliphatic heterocycles. The summed E-state index contributed by atoms with van der Waals surface area (Å²) in [6.45, 7) is 0. The lowest BCUT2D eigenvalue weighted by Crippen LogP contribution is -2.22. The van der Waals surface area contributed by atoms with Gasteiger partial charge in [0.05, 0.1) is 33.8 Å². The number of hydrogen-bond acceptors (Lipinski definition) is 6. The predicted molar refractivity (Wildman–Crippen MR) is 512 cm³/mol. The van der Waals surface area contributed by atoms with Crippen LogP contribution in [0.5, 0.6) is 0 Å². The number of allylic oxidation sites excluding steroid dienone is 10. The Kier molecular flexibility index (Phi) is 18.1. The fourth-order valence-electron chi connectivity index (χ4n) is 19.5. The predicted octanol–water partition coefficient (Wildman–Crippen LogP) is 29.8. The van der Waals surface area contributed by atoms with Crippen molar-refractivity contribution < 1.29 is 0 Å². The van der Waals surface area contributed by atoms with Gasteiger partial charge in [-0.2, -0.15) is 0 Å². The van der Waals surface area contributed by atoms with Crippen molar-refractivity contribution in [3.8, 4) is 118 Å². The van der Waals surface area contributed by atoms with Gasteiger partial charge in [0.25, 0.3) is 0 Å². The number of nitrogens with zero attached hydrogens (tertiary/aromatic N) is 7. The molecule has 0 radical (unpaired) electrons. The van der Waals surface area contributed by atoms with Crippen LogP contribution in [0.4, 0.5) is 0 Å². The van der Waals surface area contributed by atoms with Crippen LogP contribution in [0.3, 0.4) is 0 Å². The molecular weight excluding hydrogens is 1490 g/mol. The quantitative estimate of drug-likeness (QED) is 0.0895. The van der Waals surface area contributed by atoms with E-state index in [9.17, 15) is 0 Å². The van der Waals surface area contributed by atoms with Crippen LogP contribution >= 0.6 is 0 Å². The van der Waals surface area contributed by atoms with E-state index < -0.39 is 0 Å². The molecule has 0 saturated carbocycles. The largest absolute Gasteiger partial charge is 0.309 e. The van der Waals surface area contributed by atoms with Gasteiger partial charge in [-0.25, -0.2) is 19.9 Å². The molecular formula is C116H77N7. The molecule has 2 atom stereocenters. The number of pyridine rings is 2. The second-order valence-corrected chi connectivity index (χ2v) is 32.1. The number of hydrogen-bond donors (Lipinski definition) is 0. The Morgan fingerprint density at radius 3 is 1.33 bits per heavy atom. The molecule has 16 aromatic carbocycles. The van der Waals surface area contributed by atoms with E-state index >= 15 is 0 Å². The van der Waals surface area contributed by atoms with E-state index in [1.54, 1.807) is 6.20 Å². The summed E-state index contributed by atoms with van der Waals surface area (Å²) >= 11 is 0. The smallest absolute Gasteiger partial charge is 0.160 e. The molecule has 21 aromatic rings. The molecule has 0 bridgehead atoms. The highest BCUT2D eigenvalue weighted by Crippen LogP contribution is 2.51. The van der Waals surface area contributed by atoms with Crippen molar-refractivity contribution in [1.29, 1.82) is 0 Å². The molecule has 3 aliphatic rings. The molecule has 7 nitrogen and oxygen atoms in total. The molecule has 5 heterocycles. The summed E-state index contributed by atoms with van der Waals surface area (Å²) in [5.41, 5.74) is 28.0. The second-order valence-electron chi connectivity index (χ2n) is 32.1. The van der Waals surface area contributed by atoms with Crippen molar-refractivity contribution in [2.75, 3.05) is 0 Å². The molecule has 0 amide bonds. The van der Waals surface area contributed by atoms with Crippen LogP contribution in [0.25, 0.3) is 210 Å². The molecule has 576 valence electrons. The van der Waals surface area contributed by atoms with Crippen LogP contribution in [0.15, 0.2) is 442 Å². The van der Waals surface area contributed by atoms with E-state index in [1.807, 2.05) is 24.7 Å². The molecule has 2 unspecified atom stereocenters. The maximum Gasteiger partial charge on any atom is 0.160 e. The summed E-state index contributed by atoms with van der Waals surface area (Å²) in [6, 6.07) is 131. The van der Waals surface area contributed by atoms with E-state index in [4.69, 9.17) is 19.9 Å². The lowest BCUT2D eigenvalue weighted by molar-refractivity contribution is 0.634. The third-order valence-electron chi connectivity index (χ3n) is 25.1. The van der Waals surface area contributed by atoms with E-state index in [1.165, 1.54) is 115 Å². The highest BCUT2D eigenvalue weighted by atomic mass is 15.0. The number of rotatable bonds is 12. The average Bonchev–Trinajstić information content (AvgIpc) is 1.46. The van der Waals surface area contributed by atoms with Gasteiger partial charge in [-0.3, -0.25) is 9.97 Å². The molecule has 0 spiro atoms. The van der Waals surface area contributed by atoms with Crippen molar-refractivity contribution in [3.05, 3.63) is 448 Å². The van der Waals surface area contributed by atoms with Crippen molar-refractivity contribution in [2.24, 2.45) is 11.8 Å². The highest BCUT2D eigenvalue weighted by Gasteiger charge is 2.33. The van der Waals surface area contributed by atoms with Crippen LogP contribution in [0.1, 0.15) is 18.5 Å². The molecule has 24 rings (SSSR count). The Balaban J connectivity index is 0.000000143. The standard InChI is InChI=1S/C61H42N4.C55H35N3/c1-3-16-39(17-4-1)55-37-56(52-35-40-18-7-8-23-45(40)46-24-9-10-25-47(46)52)64-61(63-55)43-20-15-19-41(34-43)59-48-26-11-13-28-50(48)60(51-29-14-12-27-49(51)59)42-30-31-57-53(36-42)54-38-62-33-32-58(54)65(57)44-21-5-2-6-22-44;1-2-14-38(15-3-1)53-46-23-8-10-25-48(46)54(49-26-11-9-24-47(49)53)40-17-12-18-41(32-40)55-57-51(37-29-27-36(28-30-37)42-19-13-31-56-35-42)34-52(58-55)50-33-39-16-4-5-20-43(39)44-21-6-7-22-45(44)50/h1-6,8-17,19-38,46-47H,7,18H2;1-35H. The minimum absolute atomic E-state index is 0.204. The van der Waals surface area contributed by atoms with Crippen molar-refractivity contribution in [2.45, 2.75) is 12.8 Å². The van der Waals surface area contributed by atoms with Gasteiger partial charge in [-0.05, 0) is 217 Å². The lowest BCUT2D eigenvalue weighted by Gasteiger charge is -2.34. The maximum atomic E-state index is 5.48. The fraction of sp³-hybridized carbons (Fsp3) is 0.0345. The minimum Gasteiger partial charge on any atom is -0.309 e. The first-order valence-corrected chi connectivity index (χ1v) is 42.3. The topological polar surface area (TPSA) is 82.3 Å². The van der Waals surface area contributed by atoms with Crippen molar-refractivity contribution >= 4 is 92.0 Å². The Hall–Kier alpha value is -16.0. The van der Waals surface area contributed by atoms with E-state index in [0.29, 0.717) is 11.7 Å². The summed E-state index contributed by atoms with van der Waals surface area (Å²) in [7, 11) is 0. The normalized spacial score (nSPS) is 14.2. The van der Waals surface area contributed by atoms with Crippen molar-refractivity contribution in [1.82, 2.24) is 34.5 Å². The number of fused-ring (bicyclic) bond motifs is 12. The molecule has 3 aliphatic carbocycles. The monoisotopic (exact) mass is 1570 g/mol.